The number of nitrogens with zero attached hydrogens (tertiary/aromatic N) is 1. The summed E-state index contributed by atoms with van der Waals surface area (Å²) in [6, 6.07) is 25.0. The molecular formula is C24H22N3O3S+. The fourth-order valence-electron chi connectivity index (χ4n) is 3.28. The molecule has 1 aromatic heterocycles. The Bertz CT molecular complexity index is 1200. The monoisotopic (exact) mass is 432 g/mol. The number of aromatic nitrogens is 2. The normalized spacial score (nSPS) is 10.7. The van der Waals surface area contributed by atoms with E-state index in [4.69, 9.17) is 0 Å². The number of H-pyrrole nitrogens is 1. The maximum atomic E-state index is 12.5. The minimum absolute atomic E-state index is 0.124. The average Bonchev–Trinajstić information content (AvgIpc) is 3.15. The molecule has 0 spiro atoms. The molecule has 0 fully saturated rings. The number of anilines is 1. The number of aromatic amines is 1. The first-order valence-electron chi connectivity index (χ1n) is 9.79. The zero-order valence-corrected chi connectivity index (χ0v) is 17.8. The number of fused-ring (bicyclic) bond motifs is 1. The van der Waals surface area contributed by atoms with E-state index in [2.05, 4.69) is 37.8 Å². The van der Waals surface area contributed by atoms with E-state index in [1.807, 2.05) is 36.4 Å². The number of carbonyl (C=O) groups is 2. The number of nitrogens with one attached hydrogen (secondary N) is 2. The lowest BCUT2D eigenvalue weighted by molar-refractivity contribution is -0.700. The summed E-state index contributed by atoms with van der Waals surface area (Å²) in [6.45, 7) is 0.712. The van der Waals surface area contributed by atoms with Gasteiger partial charge >= 0.3 is 11.1 Å². The summed E-state index contributed by atoms with van der Waals surface area (Å²) < 4.78 is 6.88. The van der Waals surface area contributed by atoms with Crippen molar-refractivity contribution in [1.29, 1.82) is 0 Å². The van der Waals surface area contributed by atoms with Gasteiger partial charge < -0.3 is 10.1 Å². The summed E-state index contributed by atoms with van der Waals surface area (Å²) >= 11 is 1.45. The Kier molecular flexibility index (Phi) is 6.33. The van der Waals surface area contributed by atoms with Crippen LogP contribution in [0.3, 0.4) is 0 Å². The first kappa shape index (κ1) is 20.7. The van der Waals surface area contributed by atoms with Gasteiger partial charge in [-0.3, -0.25) is 4.79 Å². The van der Waals surface area contributed by atoms with Gasteiger partial charge in [0.2, 0.25) is 5.91 Å². The Balaban J connectivity index is 1.46. The van der Waals surface area contributed by atoms with Crippen molar-refractivity contribution in [3.05, 3.63) is 90.0 Å². The molecule has 31 heavy (non-hydrogen) atoms. The lowest BCUT2D eigenvalue weighted by atomic mass is 10.2. The van der Waals surface area contributed by atoms with Crippen LogP contribution in [0.4, 0.5) is 5.69 Å². The third kappa shape index (κ3) is 4.95. The van der Waals surface area contributed by atoms with Crippen LogP contribution in [0.15, 0.2) is 84.0 Å². The number of methoxy groups -OCH3 is 1. The van der Waals surface area contributed by atoms with Crippen molar-refractivity contribution in [3.63, 3.8) is 0 Å². The molecule has 2 N–H and O–H groups in total. The molecule has 156 valence electrons. The summed E-state index contributed by atoms with van der Waals surface area (Å²) in [4.78, 5) is 27.4. The number of carbonyl (C=O) groups excluding carboxylic acids is 2. The number of rotatable bonds is 7. The first-order chi connectivity index (χ1) is 15.1. The first-order valence-corrected chi connectivity index (χ1v) is 10.8. The van der Waals surface area contributed by atoms with Crippen LogP contribution in [0.25, 0.3) is 11.0 Å². The Morgan fingerprint density at radius 1 is 0.968 bits per heavy atom. The standard InChI is InChI=1S/C24H21N3O3S/c1-30-23(29)18-11-13-19(14-12-18)25-22(28)16-31-24-26-20-9-5-6-10-21(20)27(24)15-17-7-3-2-4-8-17/h2-14H,15-16H2,1H3,(H,25,28,29)/p+1. The van der Waals surface area contributed by atoms with Gasteiger partial charge in [0.05, 0.1) is 18.4 Å². The van der Waals surface area contributed by atoms with Gasteiger partial charge in [-0.15, -0.1) is 0 Å². The van der Waals surface area contributed by atoms with Gasteiger partial charge in [0.15, 0.2) is 11.0 Å². The average molecular weight is 433 g/mol. The third-order valence-corrected chi connectivity index (χ3v) is 5.80. The summed E-state index contributed by atoms with van der Waals surface area (Å²) in [6.07, 6.45) is 0. The van der Waals surface area contributed by atoms with Crippen LogP contribution in [-0.2, 0) is 16.1 Å². The predicted molar refractivity (Wildman–Crippen MR) is 121 cm³/mol. The van der Waals surface area contributed by atoms with Gasteiger partial charge in [-0.1, -0.05) is 42.5 Å². The molecule has 0 saturated carbocycles. The number of ether oxygens (including phenoxy) is 1. The molecule has 3 aromatic carbocycles. The second-order valence-electron chi connectivity index (χ2n) is 6.92. The number of imidazole rings is 1. The van der Waals surface area contributed by atoms with Crippen LogP contribution < -0.4 is 9.88 Å². The molecular weight excluding hydrogens is 410 g/mol. The van der Waals surface area contributed by atoms with Gasteiger partial charge in [-0.25, -0.2) is 14.3 Å². The molecule has 1 amide bonds. The van der Waals surface area contributed by atoms with Crippen molar-refractivity contribution in [2.75, 3.05) is 18.2 Å². The van der Waals surface area contributed by atoms with Crippen LogP contribution in [0.1, 0.15) is 15.9 Å². The maximum absolute atomic E-state index is 12.5. The van der Waals surface area contributed by atoms with E-state index in [9.17, 15) is 9.59 Å². The Labute approximate surface area is 184 Å². The largest absolute Gasteiger partial charge is 0.465 e. The fourth-order valence-corrected chi connectivity index (χ4v) is 4.12. The summed E-state index contributed by atoms with van der Waals surface area (Å²) in [5.74, 6) is -0.281. The van der Waals surface area contributed by atoms with Crippen molar-refractivity contribution < 1.29 is 18.9 Å². The predicted octanol–water partition coefficient (Wildman–Crippen LogP) is 4.02. The third-order valence-electron chi connectivity index (χ3n) is 4.79. The number of hydrogen-bond donors (Lipinski definition) is 2. The van der Waals surface area contributed by atoms with Crippen molar-refractivity contribution in [2.24, 2.45) is 0 Å². The quantitative estimate of drug-likeness (QED) is 0.263. The number of para-hydroxylation sites is 2. The SMILES string of the molecule is COC(=O)c1ccc(NC(=O)CSc2[nH]c3ccccc3[n+]2Cc2ccccc2)cc1. The lowest BCUT2D eigenvalue weighted by Crippen LogP contribution is -2.35. The van der Waals surface area contributed by atoms with E-state index >= 15 is 0 Å². The fraction of sp³-hybridized carbons (Fsp3) is 0.125. The molecule has 0 radical (unpaired) electrons. The molecule has 0 unspecified atom stereocenters. The van der Waals surface area contributed by atoms with E-state index in [1.54, 1.807) is 24.3 Å². The highest BCUT2D eigenvalue weighted by molar-refractivity contribution is 7.99. The molecule has 0 aliphatic heterocycles. The summed E-state index contributed by atoms with van der Waals surface area (Å²) in [5, 5.41) is 3.78. The van der Waals surface area contributed by atoms with Crippen LogP contribution in [-0.4, -0.2) is 29.7 Å². The van der Waals surface area contributed by atoms with E-state index in [1.165, 1.54) is 24.4 Å². The van der Waals surface area contributed by atoms with Crippen molar-refractivity contribution >= 4 is 40.4 Å². The number of hydrogen-bond acceptors (Lipinski definition) is 4. The molecule has 7 heteroatoms. The minimum atomic E-state index is -0.407. The van der Waals surface area contributed by atoms with Crippen molar-refractivity contribution in [1.82, 2.24) is 4.98 Å². The zero-order chi connectivity index (χ0) is 21.6. The van der Waals surface area contributed by atoms with Gasteiger partial charge in [0, 0.05) is 5.69 Å². The van der Waals surface area contributed by atoms with Gasteiger partial charge in [-0.2, -0.15) is 0 Å². The summed E-state index contributed by atoms with van der Waals surface area (Å²) in [7, 11) is 1.34. The number of esters is 1. The van der Waals surface area contributed by atoms with Gasteiger partial charge in [-0.05, 0) is 53.7 Å². The van der Waals surface area contributed by atoms with Gasteiger partial charge in [0.25, 0.3) is 0 Å². The van der Waals surface area contributed by atoms with E-state index < -0.39 is 5.97 Å². The highest BCUT2D eigenvalue weighted by atomic mass is 32.2. The number of benzene rings is 3. The summed E-state index contributed by atoms with van der Waals surface area (Å²) in [5.41, 5.74) is 4.38. The Morgan fingerprint density at radius 2 is 1.68 bits per heavy atom. The van der Waals surface area contributed by atoms with Crippen LogP contribution >= 0.6 is 11.8 Å². The minimum Gasteiger partial charge on any atom is -0.465 e. The highest BCUT2D eigenvalue weighted by Gasteiger charge is 2.20. The molecule has 0 atom stereocenters. The molecule has 0 bridgehead atoms. The smallest absolute Gasteiger partial charge is 0.337 e. The molecule has 0 aliphatic rings. The lowest BCUT2D eigenvalue weighted by Gasteiger charge is -2.06. The molecule has 0 saturated heterocycles. The Morgan fingerprint density at radius 3 is 2.42 bits per heavy atom. The molecule has 4 aromatic rings. The topological polar surface area (TPSA) is 75.1 Å². The molecule has 0 aliphatic carbocycles. The van der Waals surface area contributed by atoms with Crippen LogP contribution in [0, 0.1) is 0 Å². The van der Waals surface area contributed by atoms with Crippen molar-refractivity contribution in [2.45, 2.75) is 11.7 Å². The zero-order valence-electron chi connectivity index (χ0n) is 17.0. The van der Waals surface area contributed by atoms with E-state index in [0.29, 0.717) is 17.8 Å². The maximum Gasteiger partial charge on any atom is 0.337 e. The second-order valence-corrected chi connectivity index (χ2v) is 7.89. The van der Waals surface area contributed by atoms with Crippen molar-refractivity contribution in [3.8, 4) is 0 Å². The van der Waals surface area contributed by atoms with Crippen LogP contribution in [0.2, 0.25) is 0 Å². The van der Waals surface area contributed by atoms with E-state index in [0.717, 1.165) is 16.2 Å². The second kappa shape index (κ2) is 9.49. The van der Waals surface area contributed by atoms with Gasteiger partial charge in [0.1, 0.15) is 6.54 Å². The molecule has 4 rings (SSSR count). The van der Waals surface area contributed by atoms with Crippen LogP contribution in [0.5, 0.6) is 0 Å². The molecule has 6 nitrogen and oxygen atoms in total. The molecule has 1 heterocycles. The van der Waals surface area contributed by atoms with E-state index in [-0.39, 0.29) is 11.7 Å². The highest BCUT2D eigenvalue weighted by Crippen LogP contribution is 2.19. The Hall–Kier alpha value is -3.58. The number of amides is 1. The number of thioether (sulfide) groups is 1.